The van der Waals surface area contributed by atoms with Gasteiger partial charge < -0.3 is 10.3 Å². The standard InChI is InChI=1S/C15H20N2O2/c18-13-6-4-5-12(17-13)14(19)16-10-11-9-15(11)7-2-1-3-8-15/h4-6,11H,1-3,7-10H2,(H,16,19)(H,17,18). The Morgan fingerprint density at radius 1 is 1.32 bits per heavy atom. The minimum absolute atomic E-state index is 0.171. The Kier molecular flexibility index (Phi) is 3.17. The molecule has 102 valence electrons. The van der Waals surface area contributed by atoms with Crippen molar-refractivity contribution >= 4 is 5.91 Å². The van der Waals surface area contributed by atoms with E-state index in [0.29, 0.717) is 17.0 Å². The number of carbonyl (C=O) groups excluding carboxylic acids is 1. The number of amides is 1. The summed E-state index contributed by atoms with van der Waals surface area (Å²) in [6, 6.07) is 4.65. The van der Waals surface area contributed by atoms with E-state index >= 15 is 0 Å². The second kappa shape index (κ2) is 4.83. The summed E-state index contributed by atoms with van der Waals surface area (Å²) in [5, 5.41) is 2.95. The highest BCUT2D eigenvalue weighted by Gasteiger charge is 2.53. The molecule has 0 saturated heterocycles. The number of nitrogens with one attached hydrogen (secondary N) is 2. The predicted octanol–water partition coefficient (Wildman–Crippen LogP) is 2.08. The molecule has 2 aliphatic carbocycles. The highest BCUT2D eigenvalue weighted by molar-refractivity contribution is 5.92. The number of pyridine rings is 1. The molecule has 4 heteroatoms. The Morgan fingerprint density at radius 3 is 2.84 bits per heavy atom. The van der Waals surface area contributed by atoms with Crippen molar-refractivity contribution in [1.29, 1.82) is 0 Å². The second-order valence-electron chi connectivity index (χ2n) is 5.96. The molecule has 0 radical (unpaired) electrons. The molecule has 1 heterocycles. The third kappa shape index (κ3) is 2.57. The Hall–Kier alpha value is -1.58. The zero-order valence-electron chi connectivity index (χ0n) is 11.1. The van der Waals surface area contributed by atoms with Crippen molar-refractivity contribution in [2.24, 2.45) is 11.3 Å². The van der Waals surface area contributed by atoms with Gasteiger partial charge >= 0.3 is 0 Å². The van der Waals surface area contributed by atoms with Gasteiger partial charge in [-0.2, -0.15) is 0 Å². The van der Waals surface area contributed by atoms with E-state index in [0.717, 1.165) is 6.54 Å². The minimum Gasteiger partial charge on any atom is -0.350 e. The molecular formula is C15H20N2O2. The van der Waals surface area contributed by atoms with Crippen molar-refractivity contribution in [3.05, 3.63) is 34.2 Å². The average molecular weight is 260 g/mol. The second-order valence-corrected chi connectivity index (χ2v) is 5.96. The SMILES string of the molecule is O=C(NCC1CC12CCCCC2)c1cccc(=O)[nH]1. The van der Waals surface area contributed by atoms with Gasteiger partial charge in [0.05, 0.1) is 0 Å². The Bertz CT molecular complexity index is 529. The molecule has 0 bridgehead atoms. The Labute approximate surface area is 112 Å². The van der Waals surface area contributed by atoms with Crippen LogP contribution in [-0.4, -0.2) is 17.4 Å². The smallest absolute Gasteiger partial charge is 0.267 e. The van der Waals surface area contributed by atoms with Gasteiger partial charge in [-0.15, -0.1) is 0 Å². The first-order valence-corrected chi connectivity index (χ1v) is 7.17. The summed E-state index contributed by atoms with van der Waals surface area (Å²) in [4.78, 5) is 25.6. The van der Waals surface area contributed by atoms with Crippen LogP contribution < -0.4 is 10.9 Å². The number of carbonyl (C=O) groups is 1. The van der Waals surface area contributed by atoms with Gasteiger partial charge in [-0.1, -0.05) is 25.3 Å². The Morgan fingerprint density at radius 2 is 2.11 bits per heavy atom. The summed E-state index contributed by atoms with van der Waals surface area (Å²) in [5.74, 6) is 0.475. The molecule has 1 aromatic heterocycles. The fourth-order valence-electron chi connectivity index (χ4n) is 3.48. The molecule has 1 spiro atoms. The van der Waals surface area contributed by atoms with E-state index in [1.807, 2.05) is 0 Å². The normalized spacial score (nSPS) is 24.1. The molecule has 2 fully saturated rings. The van der Waals surface area contributed by atoms with Crippen LogP contribution >= 0.6 is 0 Å². The molecule has 3 rings (SSSR count). The molecule has 0 aromatic carbocycles. The van der Waals surface area contributed by atoms with Crippen molar-refractivity contribution in [3.63, 3.8) is 0 Å². The summed E-state index contributed by atoms with van der Waals surface area (Å²) < 4.78 is 0. The van der Waals surface area contributed by atoms with Crippen molar-refractivity contribution < 1.29 is 4.79 Å². The largest absolute Gasteiger partial charge is 0.350 e. The van der Waals surface area contributed by atoms with Crippen LogP contribution in [0.2, 0.25) is 0 Å². The van der Waals surface area contributed by atoms with Crippen LogP contribution in [0.5, 0.6) is 0 Å². The van der Waals surface area contributed by atoms with E-state index in [9.17, 15) is 9.59 Å². The topological polar surface area (TPSA) is 62.0 Å². The molecule has 4 nitrogen and oxygen atoms in total. The van der Waals surface area contributed by atoms with Gasteiger partial charge in [0.2, 0.25) is 5.56 Å². The predicted molar refractivity (Wildman–Crippen MR) is 73.0 cm³/mol. The first kappa shape index (κ1) is 12.5. The lowest BCUT2D eigenvalue weighted by Gasteiger charge is -2.22. The average Bonchev–Trinajstić information content (AvgIpc) is 3.09. The lowest BCUT2D eigenvalue weighted by atomic mass is 9.84. The van der Waals surface area contributed by atoms with Crippen LogP contribution in [0.1, 0.15) is 49.0 Å². The fourth-order valence-corrected chi connectivity index (χ4v) is 3.48. The molecule has 2 saturated carbocycles. The van der Waals surface area contributed by atoms with Crippen LogP contribution in [0.4, 0.5) is 0 Å². The van der Waals surface area contributed by atoms with E-state index < -0.39 is 0 Å². The summed E-state index contributed by atoms with van der Waals surface area (Å²) in [5.41, 5.74) is 0.656. The number of rotatable bonds is 3. The number of aromatic amines is 1. The van der Waals surface area contributed by atoms with Crippen LogP contribution in [0.25, 0.3) is 0 Å². The van der Waals surface area contributed by atoms with Crippen LogP contribution in [0.3, 0.4) is 0 Å². The first-order valence-electron chi connectivity index (χ1n) is 7.17. The number of aromatic nitrogens is 1. The van der Waals surface area contributed by atoms with E-state index in [-0.39, 0.29) is 11.5 Å². The highest BCUT2D eigenvalue weighted by atomic mass is 16.2. The van der Waals surface area contributed by atoms with Gasteiger partial charge in [-0.25, -0.2) is 0 Å². The van der Waals surface area contributed by atoms with Gasteiger partial charge in [0.15, 0.2) is 0 Å². The van der Waals surface area contributed by atoms with Gasteiger partial charge in [-0.05, 0) is 36.7 Å². The summed E-state index contributed by atoms with van der Waals surface area (Å²) >= 11 is 0. The van der Waals surface area contributed by atoms with Crippen molar-refractivity contribution in [1.82, 2.24) is 10.3 Å². The summed E-state index contributed by atoms with van der Waals surface area (Å²) in [6.07, 6.45) is 7.98. The maximum Gasteiger partial charge on any atom is 0.267 e. The molecule has 1 amide bonds. The van der Waals surface area contributed by atoms with Crippen LogP contribution in [0, 0.1) is 11.3 Å². The van der Waals surface area contributed by atoms with Gasteiger partial charge in [-0.3, -0.25) is 9.59 Å². The lowest BCUT2D eigenvalue weighted by molar-refractivity contribution is 0.0944. The molecular weight excluding hydrogens is 240 g/mol. The van der Waals surface area contributed by atoms with Crippen molar-refractivity contribution in [2.45, 2.75) is 38.5 Å². The molecule has 1 unspecified atom stereocenters. The number of hydrogen-bond acceptors (Lipinski definition) is 2. The summed E-state index contributed by atoms with van der Waals surface area (Å²) in [7, 11) is 0. The van der Waals surface area contributed by atoms with E-state index in [4.69, 9.17) is 0 Å². The number of H-pyrrole nitrogens is 1. The third-order valence-corrected chi connectivity index (χ3v) is 4.73. The van der Waals surface area contributed by atoms with Gasteiger partial charge in [0, 0.05) is 12.6 Å². The molecule has 1 atom stereocenters. The van der Waals surface area contributed by atoms with E-state index in [1.54, 1.807) is 12.1 Å². The lowest BCUT2D eigenvalue weighted by Crippen LogP contribution is -2.29. The molecule has 0 aliphatic heterocycles. The van der Waals surface area contributed by atoms with Crippen LogP contribution in [0.15, 0.2) is 23.0 Å². The monoisotopic (exact) mass is 260 g/mol. The maximum atomic E-state index is 11.9. The maximum absolute atomic E-state index is 11.9. The molecule has 2 N–H and O–H groups in total. The van der Waals surface area contributed by atoms with Gasteiger partial charge in [0.1, 0.15) is 5.69 Å². The fraction of sp³-hybridized carbons (Fsp3) is 0.600. The minimum atomic E-state index is -0.233. The Balaban J connectivity index is 1.53. The zero-order chi connectivity index (χ0) is 13.3. The third-order valence-electron chi connectivity index (χ3n) is 4.73. The van der Waals surface area contributed by atoms with Crippen molar-refractivity contribution in [2.75, 3.05) is 6.54 Å². The van der Waals surface area contributed by atoms with Gasteiger partial charge in [0.25, 0.3) is 5.91 Å². The summed E-state index contributed by atoms with van der Waals surface area (Å²) in [6.45, 7) is 0.746. The first-order chi connectivity index (χ1) is 9.20. The van der Waals surface area contributed by atoms with E-state index in [2.05, 4.69) is 10.3 Å². The molecule has 19 heavy (non-hydrogen) atoms. The molecule has 2 aliphatic rings. The highest BCUT2D eigenvalue weighted by Crippen LogP contribution is 2.60. The van der Waals surface area contributed by atoms with Crippen LogP contribution in [-0.2, 0) is 0 Å². The number of hydrogen-bond donors (Lipinski definition) is 2. The zero-order valence-corrected chi connectivity index (χ0v) is 11.1. The van der Waals surface area contributed by atoms with Crippen molar-refractivity contribution in [3.8, 4) is 0 Å². The van der Waals surface area contributed by atoms with E-state index in [1.165, 1.54) is 44.6 Å². The quantitative estimate of drug-likeness (QED) is 0.874. The molecule has 1 aromatic rings.